The molecule has 0 aromatic carbocycles. The van der Waals surface area contributed by atoms with E-state index in [0.29, 0.717) is 6.54 Å². The summed E-state index contributed by atoms with van der Waals surface area (Å²) in [4.78, 5) is 13.7. The zero-order valence-corrected chi connectivity index (χ0v) is 10.9. The van der Waals surface area contributed by atoms with Crippen LogP contribution >= 0.6 is 0 Å². The Labute approximate surface area is 103 Å². The van der Waals surface area contributed by atoms with Crippen molar-refractivity contribution in [2.24, 2.45) is 23.5 Å². The number of nitrogens with zero attached hydrogens (tertiary/aromatic N) is 1. The number of hydrogen-bond acceptors (Lipinski definition) is 4. The number of methoxy groups -OCH3 is 1. The Hall–Kier alpha value is -0.610. The lowest BCUT2D eigenvalue weighted by molar-refractivity contribution is -0.146. The van der Waals surface area contributed by atoms with Gasteiger partial charge in [0.15, 0.2) is 0 Å². The summed E-state index contributed by atoms with van der Waals surface area (Å²) in [6.45, 7) is 1.32. The summed E-state index contributed by atoms with van der Waals surface area (Å²) in [6.07, 6.45) is 5.55. The van der Waals surface area contributed by atoms with Crippen LogP contribution in [0.1, 0.15) is 25.7 Å². The van der Waals surface area contributed by atoms with Gasteiger partial charge >= 0.3 is 5.97 Å². The van der Waals surface area contributed by atoms with Crippen LogP contribution in [0.2, 0.25) is 0 Å². The van der Waals surface area contributed by atoms with E-state index in [1.54, 1.807) is 0 Å². The standard InChI is InChI=1S/C13H24N2O2/c1-15(12(7-14)13(16)17-2)8-11-6-9-3-4-10(11)5-9/h9-12H,3-8,14H2,1-2H3. The molecule has 0 aliphatic heterocycles. The van der Waals surface area contributed by atoms with E-state index in [0.717, 1.165) is 24.3 Å². The molecule has 4 nitrogen and oxygen atoms in total. The van der Waals surface area contributed by atoms with Gasteiger partial charge in [0, 0.05) is 13.1 Å². The first kappa shape index (κ1) is 12.8. The Bertz CT molecular complexity index is 283. The van der Waals surface area contributed by atoms with E-state index in [1.165, 1.54) is 32.8 Å². The molecule has 4 unspecified atom stereocenters. The van der Waals surface area contributed by atoms with Crippen molar-refractivity contribution in [2.75, 3.05) is 27.2 Å². The summed E-state index contributed by atoms with van der Waals surface area (Å²) in [5.41, 5.74) is 5.66. The van der Waals surface area contributed by atoms with Gasteiger partial charge in [0.05, 0.1) is 7.11 Å². The zero-order valence-electron chi connectivity index (χ0n) is 10.9. The maximum Gasteiger partial charge on any atom is 0.324 e. The molecule has 4 heteroatoms. The third-order valence-electron chi connectivity index (χ3n) is 4.64. The average Bonchev–Trinajstić information content (AvgIpc) is 2.91. The van der Waals surface area contributed by atoms with Gasteiger partial charge in [-0.1, -0.05) is 6.42 Å². The van der Waals surface area contributed by atoms with Crippen molar-refractivity contribution in [2.45, 2.75) is 31.7 Å². The number of hydrogen-bond donors (Lipinski definition) is 1. The quantitative estimate of drug-likeness (QED) is 0.724. The Kier molecular flexibility index (Phi) is 4.05. The predicted octanol–water partition coefficient (Wildman–Crippen LogP) is 0.855. The number of ether oxygens (including phenoxy) is 1. The summed E-state index contributed by atoms with van der Waals surface area (Å²) < 4.78 is 4.79. The summed E-state index contributed by atoms with van der Waals surface area (Å²) in [5, 5.41) is 0. The minimum Gasteiger partial charge on any atom is -0.468 e. The number of nitrogens with two attached hydrogens (primary N) is 1. The molecule has 0 spiro atoms. The highest BCUT2D eigenvalue weighted by molar-refractivity contribution is 5.75. The van der Waals surface area contributed by atoms with Crippen molar-refractivity contribution in [3.8, 4) is 0 Å². The highest BCUT2D eigenvalue weighted by Gasteiger charge is 2.40. The minimum absolute atomic E-state index is 0.210. The van der Waals surface area contributed by atoms with Crippen molar-refractivity contribution in [3.63, 3.8) is 0 Å². The lowest BCUT2D eigenvalue weighted by Crippen LogP contribution is -2.46. The Balaban J connectivity index is 1.87. The molecule has 0 heterocycles. The summed E-state index contributed by atoms with van der Waals surface area (Å²) in [5.74, 6) is 2.39. The molecule has 0 saturated heterocycles. The molecule has 0 aromatic heterocycles. The fraction of sp³-hybridized carbons (Fsp3) is 0.923. The van der Waals surface area contributed by atoms with Crippen molar-refractivity contribution >= 4 is 5.97 Å². The van der Waals surface area contributed by atoms with Crippen molar-refractivity contribution in [3.05, 3.63) is 0 Å². The van der Waals surface area contributed by atoms with E-state index in [9.17, 15) is 4.79 Å². The van der Waals surface area contributed by atoms with Crippen LogP contribution in [0.5, 0.6) is 0 Å². The molecule has 2 N–H and O–H groups in total. The summed E-state index contributed by atoms with van der Waals surface area (Å²) in [7, 11) is 3.41. The second-order valence-corrected chi connectivity index (χ2v) is 5.65. The summed E-state index contributed by atoms with van der Waals surface area (Å²) in [6, 6.07) is -0.279. The molecule has 17 heavy (non-hydrogen) atoms. The molecule has 4 atom stereocenters. The lowest BCUT2D eigenvalue weighted by Gasteiger charge is -2.30. The highest BCUT2D eigenvalue weighted by Crippen LogP contribution is 2.48. The van der Waals surface area contributed by atoms with Gasteiger partial charge in [-0.15, -0.1) is 0 Å². The third-order valence-corrected chi connectivity index (χ3v) is 4.64. The first-order valence-corrected chi connectivity index (χ1v) is 6.63. The first-order valence-electron chi connectivity index (χ1n) is 6.63. The molecule has 2 fully saturated rings. The molecule has 0 amide bonds. The third kappa shape index (κ3) is 2.63. The monoisotopic (exact) mass is 240 g/mol. The molecular weight excluding hydrogens is 216 g/mol. The topological polar surface area (TPSA) is 55.6 Å². The second kappa shape index (κ2) is 5.36. The number of likely N-dealkylation sites (N-methyl/N-ethyl adjacent to an activating group) is 1. The molecule has 0 radical (unpaired) electrons. The van der Waals surface area contributed by atoms with E-state index in [1.807, 2.05) is 7.05 Å². The molecule has 2 bridgehead atoms. The van der Waals surface area contributed by atoms with Crippen LogP contribution in [-0.2, 0) is 9.53 Å². The maximum absolute atomic E-state index is 11.6. The van der Waals surface area contributed by atoms with Crippen LogP contribution in [0.3, 0.4) is 0 Å². The number of fused-ring (bicyclic) bond motifs is 2. The predicted molar refractivity (Wildman–Crippen MR) is 66.4 cm³/mol. The summed E-state index contributed by atoms with van der Waals surface area (Å²) >= 11 is 0. The number of carbonyl (C=O) groups excluding carboxylic acids is 1. The highest BCUT2D eigenvalue weighted by atomic mass is 16.5. The van der Waals surface area contributed by atoms with Crippen molar-refractivity contribution in [1.82, 2.24) is 4.90 Å². The van der Waals surface area contributed by atoms with Gasteiger partial charge in [0.25, 0.3) is 0 Å². The lowest BCUT2D eigenvalue weighted by atomic mass is 9.88. The van der Waals surface area contributed by atoms with Crippen LogP contribution in [0, 0.1) is 17.8 Å². The van der Waals surface area contributed by atoms with E-state index in [4.69, 9.17) is 10.5 Å². The van der Waals surface area contributed by atoms with Crippen LogP contribution in [0.4, 0.5) is 0 Å². The molecule has 2 aliphatic carbocycles. The van der Waals surface area contributed by atoms with Crippen molar-refractivity contribution < 1.29 is 9.53 Å². The molecule has 0 aromatic rings. The van der Waals surface area contributed by atoms with Crippen LogP contribution in [0.15, 0.2) is 0 Å². The average molecular weight is 240 g/mol. The van der Waals surface area contributed by atoms with Crippen LogP contribution < -0.4 is 5.73 Å². The molecular formula is C13H24N2O2. The molecule has 98 valence electrons. The van der Waals surface area contributed by atoms with Crippen LogP contribution in [0.25, 0.3) is 0 Å². The molecule has 2 aliphatic rings. The number of carbonyl (C=O) groups is 1. The van der Waals surface area contributed by atoms with E-state index in [2.05, 4.69) is 4.90 Å². The van der Waals surface area contributed by atoms with Crippen LogP contribution in [-0.4, -0.2) is 44.2 Å². The number of esters is 1. The Morgan fingerprint density at radius 1 is 1.47 bits per heavy atom. The van der Waals surface area contributed by atoms with E-state index in [-0.39, 0.29) is 12.0 Å². The van der Waals surface area contributed by atoms with Crippen molar-refractivity contribution in [1.29, 1.82) is 0 Å². The molecule has 2 saturated carbocycles. The van der Waals surface area contributed by atoms with E-state index < -0.39 is 0 Å². The fourth-order valence-electron chi connectivity index (χ4n) is 3.69. The normalized spacial score (nSPS) is 33.1. The smallest absolute Gasteiger partial charge is 0.324 e. The first-order chi connectivity index (χ1) is 8.15. The zero-order chi connectivity index (χ0) is 12.4. The Morgan fingerprint density at radius 2 is 2.24 bits per heavy atom. The Morgan fingerprint density at radius 3 is 2.71 bits per heavy atom. The maximum atomic E-state index is 11.6. The van der Waals surface area contributed by atoms with Gasteiger partial charge in [-0.25, -0.2) is 0 Å². The fourth-order valence-corrected chi connectivity index (χ4v) is 3.69. The molecule has 2 rings (SSSR count). The van der Waals surface area contributed by atoms with Gasteiger partial charge in [-0.3, -0.25) is 9.69 Å². The van der Waals surface area contributed by atoms with Gasteiger partial charge in [0.2, 0.25) is 0 Å². The van der Waals surface area contributed by atoms with Gasteiger partial charge in [0.1, 0.15) is 6.04 Å². The second-order valence-electron chi connectivity index (χ2n) is 5.65. The number of rotatable bonds is 5. The largest absolute Gasteiger partial charge is 0.468 e. The van der Waals surface area contributed by atoms with E-state index >= 15 is 0 Å². The van der Waals surface area contributed by atoms with Gasteiger partial charge < -0.3 is 10.5 Å². The minimum atomic E-state index is -0.279. The SMILES string of the molecule is COC(=O)C(CN)N(C)CC1CC2CCC1C2. The van der Waals surface area contributed by atoms with Gasteiger partial charge in [-0.2, -0.15) is 0 Å². The van der Waals surface area contributed by atoms with Gasteiger partial charge in [-0.05, 0) is 44.1 Å².